The lowest BCUT2D eigenvalue weighted by atomic mass is 9.94. The zero-order chi connectivity index (χ0) is 12.3. The average molecular weight is 254 g/mol. The van der Waals surface area contributed by atoms with Crippen LogP contribution >= 0.6 is 11.6 Å². The molecule has 1 aromatic rings. The Morgan fingerprint density at radius 3 is 2.71 bits per heavy atom. The zero-order valence-electron chi connectivity index (χ0n) is 9.53. The lowest BCUT2D eigenvalue weighted by Gasteiger charge is -2.27. The van der Waals surface area contributed by atoms with Gasteiger partial charge in [-0.25, -0.2) is 0 Å². The van der Waals surface area contributed by atoms with Gasteiger partial charge in [-0.2, -0.15) is 0 Å². The normalized spacial score (nSPS) is 24.3. The molecule has 1 fully saturated rings. The Balaban J connectivity index is 2.04. The molecule has 0 aromatic heterocycles. The lowest BCUT2D eigenvalue weighted by molar-refractivity contribution is 0.0926. The van der Waals surface area contributed by atoms with Gasteiger partial charge >= 0.3 is 0 Å². The highest BCUT2D eigenvalue weighted by atomic mass is 35.5. The molecular formula is C13H16ClNO2. The molecule has 1 amide bonds. The second-order valence-corrected chi connectivity index (χ2v) is 4.96. The van der Waals surface area contributed by atoms with Gasteiger partial charge in [-0.3, -0.25) is 4.79 Å². The maximum atomic E-state index is 11.9. The molecule has 0 radical (unpaired) electrons. The van der Waals surface area contributed by atoms with E-state index in [1.807, 2.05) is 0 Å². The van der Waals surface area contributed by atoms with E-state index in [0.717, 1.165) is 25.7 Å². The first kappa shape index (κ1) is 12.2. The van der Waals surface area contributed by atoms with Gasteiger partial charge in [0.25, 0.3) is 5.91 Å². The van der Waals surface area contributed by atoms with E-state index in [-0.39, 0.29) is 23.1 Å². The smallest absolute Gasteiger partial charge is 0.255 e. The van der Waals surface area contributed by atoms with E-state index >= 15 is 0 Å². The van der Waals surface area contributed by atoms with Crippen LogP contribution in [0.3, 0.4) is 0 Å². The molecule has 1 aliphatic carbocycles. The quantitative estimate of drug-likeness (QED) is 0.796. The van der Waals surface area contributed by atoms with Crippen molar-refractivity contribution in [1.82, 2.24) is 5.32 Å². The summed E-state index contributed by atoms with van der Waals surface area (Å²) in [5.41, 5.74) is 0.307. The molecule has 0 bridgehead atoms. The van der Waals surface area contributed by atoms with Crippen molar-refractivity contribution in [2.24, 2.45) is 0 Å². The third-order valence-corrected chi connectivity index (χ3v) is 3.67. The van der Waals surface area contributed by atoms with E-state index in [1.165, 1.54) is 6.07 Å². The van der Waals surface area contributed by atoms with Crippen LogP contribution in [0, 0.1) is 0 Å². The number of phenols is 1. The maximum absolute atomic E-state index is 11.9. The van der Waals surface area contributed by atoms with Gasteiger partial charge in [0.05, 0.1) is 10.9 Å². The van der Waals surface area contributed by atoms with E-state index in [1.54, 1.807) is 18.2 Å². The molecule has 1 aromatic carbocycles. The predicted molar refractivity (Wildman–Crippen MR) is 67.5 cm³/mol. The Kier molecular flexibility index (Phi) is 3.89. The number of benzene rings is 1. The van der Waals surface area contributed by atoms with Gasteiger partial charge in [-0.05, 0) is 25.0 Å². The summed E-state index contributed by atoms with van der Waals surface area (Å²) in [6.07, 6.45) is 4.06. The minimum absolute atomic E-state index is 0.00134. The van der Waals surface area contributed by atoms with E-state index in [4.69, 9.17) is 11.6 Å². The molecule has 2 rings (SSSR count). The minimum atomic E-state index is -0.249. The Labute approximate surface area is 106 Å². The highest BCUT2D eigenvalue weighted by Gasteiger charge is 2.25. The van der Waals surface area contributed by atoms with Crippen LogP contribution in [-0.4, -0.2) is 22.4 Å². The number of hydrogen-bond acceptors (Lipinski definition) is 2. The SMILES string of the molecule is O=C(NC1CCCCC1Cl)c1ccccc1O. The minimum Gasteiger partial charge on any atom is -0.507 e. The van der Waals surface area contributed by atoms with Gasteiger partial charge in [0.2, 0.25) is 0 Å². The molecule has 2 N–H and O–H groups in total. The summed E-state index contributed by atoms with van der Waals surface area (Å²) < 4.78 is 0. The number of para-hydroxylation sites is 1. The lowest BCUT2D eigenvalue weighted by Crippen LogP contribution is -2.42. The molecule has 17 heavy (non-hydrogen) atoms. The zero-order valence-corrected chi connectivity index (χ0v) is 10.3. The van der Waals surface area contributed by atoms with Crippen LogP contribution in [0.4, 0.5) is 0 Å². The molecule has 1 aliphatic rings. The number of nitrogens with one attached hydrogen (secondary N) is 1. The van der Waals surface area contributed by atoms with Crippen molar-refractivity contribution in [3.05, 3.63) is 29.8 Å². The molecule has 1 saturated carbocycles. The summed E-state index contributed by atoms with van der Waals surface area (Å²) in [5, 5.41) is 12.5. The van der Waals surface area contributed by atoms with Crippen LogP contribution in [0.2, 0.25) is 0 Å². The van der Waals surface area contributed by atoms with Crippen LogP contribution in [0.1, 0.15) is 36.0 Å². The fourth-order valence-corrected chi connectivity index (χ4v) is 2.50. The van der Waals surface area contributed by atoms with Crippen LogP contribution in [0.5, 0.6) is 5.75 Å². The van der Waals surface area contributed by atoms with Crippen LogP contribution in [0.15, 0.2) is 24.3 Å². The second-order valence-electron chi connectivity index (χ2n) is 4.40. The van der Waals surface area contributed by atoms with Gasteiger partial charge < -0.3 is 10.4 Å². The van der Waals surface area contributed by atoms with Crippen LogP contribution < -0.4 is 5.32 Å². The Hall–Kier alpha value is -1.22. The van der Waals surface area contributed by atoms with Crippen molar-refractivity contribution in [2.45, 2.75) is 37.1 Å². The van der Waals surface area contributed by atoms with Crippen LogP contribution in [0.25, 0.3) is 0 Å². The maximum Gasteiger partial charge on any atom is 0.255 e. The first-order valence-electron chi connectivity index (χ1n) is 5.91. The van der Waals surface area contributed by atoms with Gasteiger partial charge in [-0.15, -0.1) is 11.6 Å². The number of amides is 1. The third-order valence-electron chi connectivity index (χ3n) is 3.15. The summed E-state index contributed by atoms with van der Waals surface area (Å²) in [5.74, 6) is -0.243. The van der Waals surface area contributed by atoms with Gasteiger partial charge in [0.15, 0.2) is 0 Å². The monoisotopic (exact) mass is 253 g/mol. The summed E-state index contributed by atoms with van der Waals surface area (Å²) in [7, 11) is 0. The second kappa shape index (κ2) is 5.41. The van der Waals surface area contributed by atoms with E-state index in [0.29, 0.717) is 5.56 Å². The number of halogens is 1. The van der Waals surface area contributed by atoms with E-state index in [9.17, 15) is 9.90 Å². The van der Waals surface area contributed by atoms with Crippen LogP contribution in [-0.2, 0) is 0 Å². The summed E-state index contributed by atoms with van der Waals surface area (Å²) >= 11 is 6.18. The van der Waals surface area contributed by atoms with Crippen molar-refractivity contribution in [3.63, 3.8) is 0 Å². The molecule has 0 spiro atoms. The molecule has 3 nitrogen and oxygen atoms in total. The highest BCUT2D eigenvalue weighted by molar-refractivity contribution is 6.21. The molecule has 0 aliphatic heterocycles. The van der Waals surface area contributed by atoms with Crippen molar-refractivity contribution < 1.29 is 9.90 Å². The highest BCUT2D eigenvalue weighted by Crippen LogP contribution is 2.24. The van der Waals surface area contributed by atoms with E-state index < -0.39 is 0 Å². The summed E-state index contributed by atoms with van der Waals surface area (Å²) in [6, 6.07) is 6.55. The number of alkyl halides is 1. The van der Waals surface area contributed by atoms with Gasteiger partial charge in [0.1, 0.15) is 5.75 Å². The topological polar surface area (TPSA) is 49.3 Å². The first-order chi connectivity index (χ1) is 8.18. The van der Waals surface area contributed by atoms with Crippen molar-refractivity contribution in [2.75, 3.05) is 0 Å². The predicted octanol–water partition coefficient (Wildman–Crippen LogP) is 2.67. The average Bonchev–Trinajstić information content (AvgIpc) is 2.32. The fourth-order valence-electron chi connectivity index (χ4n) is 2.16. The summed E-state index contributed by atoms with van der Waals surface area (Å²) in [4.78, 5) is 11.9. The number of carbonyl (C=O) groups excluding carboxylic acids is 1. The largest absolute Gasteiger partial charge is 0.507 e. The number of hydrogen-bond donors (Lipinski definition) is 2. The molecule has 0 heterocycles. The molecule has 2 unspecified atom stereocenters. The Morgan fingerprint density at radius 1 is 1.29 bits per heavy atom. The van der Waals surface area contributed by atoms with Crippen molar-refractivity contribution in [1.29, 1.82) is 0 Å². The standard InChI is InChI=1S/C13H16ClNO2/c14-10-6-2-3-7-11(10)15-13(17)9-5-1-4-8-12(9)16/h1,4-5,8,10-11,16H,2-3,6-7H2,(H,15,17). The fraction of sp³-hybridized carbons (Fsp3) is 0.462. The van der Waals surface area contributed by atoms with Crippen molar-refractivity contribution in [3.8, 4) is 5.75 Å². The number of aromatic hydroxyl groups is 1. The molecule has 92 valence electrons. The number of phenolic OH excluding ortho intramolecular Hbond substituents is 1. The molecule has 2 atom stereocenters. The van der Waals surface area contributed by atoms with Gasteiger partial charge in [0, 0.05) is 6.04 Å². The Morgan fingerprint density at radius 2 is 2.00 bits per heavy atom. The third kappa shape index (κ3) is 2.91. The number of carbonyl (C=O) groups is 1. The number of rotatable bonds is 2. The van der Waals surface area contributed by atoms with Crippen molar-refractivity contribution >= 4 is 17.5 Å². The van der Waals surface area contributed by atoms with Gasteiger partial charge in [-0.1, -0.05) is 25.0 Å². The molecular weight excluding hydrogens is 238 g/mol. The summed E-state index contributed by atoms with van der Waals surface area (Å²) in [6.45, 7) is 0. The molecule has 0 saturated heterocycles. The van der Waals surface area contributed by atoms with E-state index in [2.05, 4.69) is 5.32 Å². The molecule has 4 heteroatoms. The Bertz CT molecular complexity index is 408. The first-order valence-corrected chi connectivity index (χ1v) is 6.35.